The zero-order valence-electron chi connectivity index (χ0n) is 12.0. The zero-order chi connectivity index (χ0) is 15.5. The van der Waals surface area contributed by atoms with Crippen molar-refractivity contribution in [2.24, 2.45) is 5.92 Å². The van der Waals surface area contributed by atoms with Gasteiger partial charge in [0.15, 0.2) is 0 Å². The second kappa shape index (κ2) is 6.55. The molecule has 116 valence electrons. The standard InChI is InChI=1S/C14H20N2O4S/c1-15(10-12-6-3-2-4-7-12)21(19,20)16-9-5-8-13(11-16)14(17)18/h2-4,6-7,13H,5,8-11H2,1H3,(H,17,18). The molecule has 0 spiro atoms. The highest BCUT2D eigenvalue weighted by Crippen LogP contribution is 2.21. The van der Waals surface area contributed by atoms with Crippen LogP contribution in [0.25, 0.3) is 0 Å². The van der Waals surface area contributed by atoms with Crippen molar-refractivity contribution in [3.63, 3.8) is 0 Å². The molecule has 0 aromatic heterocycles. The molecule has 0 aliphatic carbocycles. The Morgan fingerprint density at radius 2 is 2.05 bits per heavy atom. The van der Waals surface area contributed by atoms with E-state index < -0.39 is 22.1 Å². The predicted octanol–water partition coefficient (Wildman–Crippen LogP) is 1.16. The number of rotatable bonds is 5. The number of piperidine rings is 1. The first-order valence-electron chi connectivity index (χ1n) is 6.89. The Morgan fingerprint density at radius 1 is 1.38 bits per heavy atom. The van der Waals surface area contributed by atoms with E-state index in [1.807, 2.05) is 30.3 Å². The summed E-state index contributed by atoms with van der Waals surface area (Å²) in [6, 6.07) is 9.32. The van der Waals surface area contributed by atoms with E-state index in [4.69, 9.17) is 5.11 Å². The molecule has 21 heavy (non-hydrogen) atoms. The van der Waals surface area contributed by atoms with Crippen molar-refractivity contribution < 1.29 is 18.3 Å². The highest BCUT2D eigenvalue weighted by molar-refractivity contribution is 7.86. The van der Waals surface area contributed by atoms with Gasteiger partial charge in [-0.15, -0.1) is 0 Å². The lowest BCUT2D eigenvalue weighted by molar-refractivity contribution is -0.142. The summed E-state index contributed by atoms with van der Waals surface area (Å²) < 4.78 is 27.6. The fraction of sp³-hybridized carbons (Fsp3) is 0.500. The van der Waals surface area contributed by atoms with Crippen LogP contribution in [-0.2, 0) is 21.5 Å². The van der Waals surface area contributed by atoms with E-state index in [1.54, 1.807) is 0 Å². The lowest BCUT2D eigenvalue weighted by Crippen LogP contribution is -2.47. The van der Waals surface area contributed by atoms with Gasteiger partial charge >= 0.3 is 5.97 Å². The van der Waals surface area contributed by atoms with Crippen LogP contribution in [0.4, 0.5) is 0 Å². The van der Waals surface area contributed by atoms with Crippen LogP contribution >= 0.6 is 0 Å². The number of carbonyl (C=O) groups is 1. The first kappa shape index (κ1) is 15.9. The SMILES string of the molecule is CN(Cc1ccccc1)S(=O)(=O)N1CCCC(C(=O)O)C1. The summed E-state index contributed by atoms with van der Waals surface area (Å²) in [6.45, 7) is 0.708. The van der Waals surface area contributed by atoms with Crippen molar-refractivity contribution in [3.8, 4) is 0 Å². The molecular formula is C14H20N2O4S. The number of benzene rings is 1. The van der Waals surface area contributed by atoms with Crippen molar-refractivity contribution in [1.29, 1.82) is 0 Å². The number of aliphatic carboxylic acids is 1. The average molecular weight is 312 g/mol. The van der Waals surface area contributed by atoms with Gasteiger partial charge in [0.05, 0.1) is 5.92 Å². The van der Waals surface area contributed by atoms with Crippen LogP contribution in [0.1, 0.15) is 18.4 Å². The number of nitrogens with zero attached hydrogens (tertiary/aromatic N) is 2. The fourth-order valence-electron chi connectivity index (χ4n) is 2.47. The molecule has 1 saturated heterocycles. The Balaban J connectivity index is 2.08. The summed E-state index contributed by atoms with van der Waals surface area (Å²) in [7, 11) is -2.10. The van der Waals surface area contributed by atoms with E-state index in [2.05, 4.69) is 0 Å². The molecule has 2 rings (SSSR count). The van der Waals surface area contributed by atoms with E-state index in [0.717, 1.165) is 5.56 Å². The van der Waals surface area contributed by atoms with Gasteiger partial charge in [-0.3, -0.25) is 4.79 Å². The maximum atomic E-state index is 12.5. The van der Waals surface area contributed by atoms with Crippen LogP contribution < -0.4 is 0 Å². The monoisotopic (exact) mass is 312 g/mol. The normalized spacial score (nSPS) is 20.6. The van der Waals surface area contributed by atoms with Gasteiger partial charge in [-0.2, -0.15) is 17.0 Å². The second-order valence-electron chi connectivity index (χ2n) is 5.28. The molecule has 1 atom stereocenters. The quantitative estimate of drug-likeness (QED) is 0.885. The Labute approximate surface area is 125 Å². The van der Waals surface area contributed by atoms with Gasteiger partial charge in [0.1, 0.15) is 0 Å². The third-order valence-electron chi connectivity index (χ3n) is 3.70. The summed E-state index contributed by atoms with van der Waals surface area (Å²) in [5.41, 5.74) is 0.898. The molecular weight excluding hydrogens is 292 g/mol. The van der Waals surface area contributed by atoms with Crippen LogP contribution in [0, 0.1) is 5.92 Å². The molecule has 1 aromatic carbocycles. The van der Waals surface area contributed by atoms with Gasteiger partial charge in [-0.25, -0.2) is 0 Å². The molecule has 1 aliphatic rings. The lowest BCUT2D eigenvalue weighted by Gasteiger charge is -2.32. The number of carboxylic acid groups (broad SMARTS) is 1. The van der Waals surface area contributed by atoms with Gasteiger partial charge < -0.3 is 5.11 Å². The molecule has 1 fully saturated rings. The average Bonchev–Trinajstić information content (AvgIpc) is 2.48. The van der Waals surface area contributed by atoms with Gasteiger partial charge in [0, 0.05) is 26.7 Å². The topological polar surface area (TPSA) is 77.9 Å². The first-order valence-corrected chi connectivity index (χ1v) is 8.29. The Kier molecular flexibility index (Phi) is 4.97. The van der Waals surface area contributed by atoms with Gasteiger partial charge in [-0.1, -0.05) is 30.3 Å². The van der Waals surface area contributed by atoms with E-state index >= 15 is 0 Å². The molecule has 0 radical (unpaired) electrons. The molecule has 1 aliphatic heterocycles. The fourth-order valence-corrected chi connectivity index (χ4v) is 3.91. The summed E-state index contributed by atoms with van der Waals surface area (Å²) in [5, 5.41) is 9.06. The minimum Gasteiger partial charge on any atom is -0.481 e. The first-order chi connectivity index (χ1) is 9.91. The maximum absolute atomic E-state index is 12.5. The van der Waals surface area contributed by atoms with Crippen molar-refractivity contribution in [3.05, 3.63) is 35.9 Å². The van der Waals surface area contributed by atoms with Gasteiger partial charge in [-0.05, 0) is 18.4 Å². The predicted molar refractivity (Wildman–Crippen MR) is 78.8 cm³/mol. The molecule has 0 amide bonds. The maximum Gasteiger partial charge on any atom is 0.307 e. The van der Waals surface area contributed by atoms with Crippen molar-refractivity contribution in [1.82, 2.24) is 8.61 Å². The van der Waals surface area contributed by atoms with E-state index in [9.17, 15) is 13.2 Å². The Bertz CT molecular complexity index is 588. The van der Waals surface area contributed by atoms with Crippen molar-refractivity contribution >= 4 is 16.2 Å². The Morgan fingerprint density at radius 3 is 2.67 bits per heavy atom. The molecule has 1 unspecified atom stereocenters. The molecule has 0 saturated carbocycles. The number of carboxylic acids is 1. The molecule has 6 nitrogen and oxygen atoms in total. The van der Waals surface area contributed by atoms with Gasteiger partial charge in [0.25, 0.3) is 10.2 Å². The van der Waals surface area contributed by atoms with Crippen LogP contribution in [-0.4, -0.2) is 48.2 Å². The van der Waals surface area contributed by atoms with Crippen molar-refractivity contribution in [2.75, 3.05) is 20.1 Å². The van der Waals surface area contributed by atoms with Crippen LogP contribution in [0.15, 0.2) is 30.3 Å². The minimum atomic E-state index is -3.62. The number of hydrogen-bond acceptors (Lipinski definition) is 3. The lowest BCUT2D eigenvalue weighted by atomic mass is 10.0. The third kappa shape index (κ3) is 3.81. The molecule has 7 heteroatoms. The van der Waals surface area contributed by atoms with E-state index in [0.29, 0.717) is 19.4 Å². The molecule has 1 N–H and O–H groups in total. The van der Waals surface area contributed by atoms with Gasteiger partial charge in [0.2, 0.25) is 0 Å². The summed E-state index contributed by atoms with van der Waals surface area (Å²) in [4.78, 5) is 11.1. The highest BCUT2D eigenvalue weighted by Gasteiger charge is 2.34. The van der Waals surface area contributed by atoms with E-state index in [-0.39, 0.29) is 13.1 Å². The smallest absolute Gasteiger partial charge is 0.307 e. The Hall–Kier alpha value is -1.44. The minimum absolute atomic E-state index is 0.0524. The van der Waals surface area contributed by atoms with Crippen LogP contribution in [0.5, 0.6) is 0 Å². The highest BCUT2D eigenvalue weighted by atomic mass is 32.2. The third-order valence-corrected chi connectivity index (χ3v) is 5.60. The second-order valence-corrected chi connectivity index (χ2v) is 7.32. The number of hydrogen-bond donors (Lipinski definition) is 1. The zero-order valence-corrected chi connectivity index (χ0v) is 12.8. The summed E-state index contributed by atoms with van der Waals surface area (Å²) >= 11 is 0. The summed E-state index contributed by atoms with van der Waals surface area (Å²) in [5.74, 6) is -1.54. The molecule has 1 heterocycles. The van der Waals surface area contributed by atoms with E-state index in [1.165, 1.54) is 15.7 Å². The molecule has 0 bridgehead atoms. The summed E-state index contributed by atoms with van der Waals surface area (Å²) in [6.07, 6.45) is 1.11. The van der Waals surface area contributed by atoms with Crippen LogP contribution in [0.2, 0.25) is 0 Å². The largest absolute Gasteiger partial charge is 0.481 e. The molecule has 1 aromatic rings. The van der Waals surface area contributed by atoms with Crippen LogP contribution in [0.3, 0.4) is 0 Å². The van der Waals surface area contributed by atoms with Crippen molar-refractivity contribution in [2.45, 2.75) is 19.4 Å².